The molecule has 0 spiro atoms. The van der Waals surface area contributed by atoms with E-state index < -0.39 is 35.2 Å². The van der Waals surface area contributed by atoms with Gasteiger partial charge in [-0.05, 0) is 94.6 Å². The molecule has 0 heterocycles. The number of aliphatic imine (C=N–C) groups is 6. The number of hydrogen-bond donors (Lipinski definition) is 9. The summed E-state index contributed by atoms with van der Waals surface area (Å²) in [6.45, 7) is 6.01. The van der Waals surface area contributed by atoms with Crippen LogP contribution in [-0.4, -0.2) is 139 Å². The van der Waals surface area contributed by atoms with Crippen molar-refractivity contribution in [3.8, 4) is 34.5 Å². The number of carboxylic acid groups (broad SMARTS) is 3. The smallest absolute Gasteiger partial charge is 0.335 e. The van der Waals surface area contributed by atoms with Gasteiger partial charge >= 0.3 is 17.9 Å². The summed E-state index contributed by atoms with van der Waals surface area (Å²) in [5.41, 5.74) is 1.13. The Hall–Kier alpha value is -7.89. The van der Waals surface area contributed by atoms with E-state index in [1.807, 2.05) is 0 Å². The molecule has 330 valence electrons. The third kappa shape index (κ3) is 13.0. The predicted molar refractivity (Wildman–Crippen MR) is 239 cm³/mol. The molecular formula is C45H48N6O12. The lowest BCUT2D eigenvalue weighted by Crippen LogP contribution is -2.10. The van der Waals surface area contributed by atoms with Crippen molar-refractivity contribution in [2.24, 2.45) is 30.0 Å². The van der Waals surface area contributed by atoms with Gasteiger partial charge < -0.3 is 46.0 Å². The van der Waals surface area contributed by atoms with Gasteiger partial charge in [0.05, 0.1) is 33.4 Å². The first kappa shape index (κ1) is 47.8. The molecular weight excluding hydrogens is 817 g/mol. The third-order valence-corrected chi connectivity index (χ3v) is 9.40. The zero-order valence-corrected chi connectivity index (χ0v) is 34.7. The predicted octanol–water partition coefficient (Wildman–Crippen LogP) is 5.97. The second-order valence-electron chi connectivity index (χ2n) is 14.0. The number of phenols is 6. The Morgan fingerprint density at radius 2 is 0.683 bits per heavy atom. The second-order valence-corrected chi connectivity index (χ2v) is 14.0. The molecule has 0 saturated carbocycles. The SMILES string of the molecule is CC(=NCCCN=Cc1cc(C(=O)O)ccc1O)c1c(O)c(C(C)=NCCCN=Cc2cc(C(=O)O)ccc2O)c(O)c(C(C)=NCCCN=Cc2cc(C(=O)O)ccc2O)c1O. The van der Waals surface area contributed by atoms with Crippen LogP contribution in [0.15, 0.2) is 84.6 Å². The van der Waals surface area contributed by atoms with Crippen LogP contribution in [0.2, 0.25) is 0 Å². The average molecular weight is 865 g/mol. The monoisotopic (exact) mass is 864 g/mol. The fraction of sp³-hybridized carbons (Fsp3) is 0.267. The van der Waals surface area contributed by atoms with Crippen LogP contribution in [0.25, 0.3) is 0 Å². The lowest BCUT2D eigenvalue weighted by molar-refractivity contribution is 0.0686. The molecule has 0 aromatic heterocycles. The summed E-state index contributed by atoms with van der Waals surface area (Å²) in [7, 11) is 0. The van der Waals surface area contributed by atoms with Gasteiger partial charge in [0, 0.05) is 91.7 Å². The maximum atomic E-state index is 11.6. The largest absolute Gasteiger partial charge is 0.507 e. The molecule has 0 aliphatic heterocycles. The van der Waals surface area contributed by atoms with E-state index >= 15 is 0 Å². The molecule has 0 saturated heterocycles. The number of aromatic carboxylic acids is 3. The molecule has 0 aliphatic carbocycles. The highest BCUT2D eigenvalue weighted by molar-refractivity contribution is 6.16. The van der Waals surface area contributed by atoms with Crippen LogP contribution in [0.1, 0.15) is 104 Å². The van der Waals surface area contributed by atoms with Crippen molar-refractivity contribution in [1.29, 1.82) is 0 Å². The summed E-state index contributed by atoms with van der Waals surface area (Å²) in [5, 5.41) is 92.6. The topological polar surface area (TPSA) is 307 Å². The van der Waals surface area contributed by atoms with Crippen molar-refractivity contribution >= 4 is 53.7 Å². The van der Waals surface area contributed by atoms with E-state index in [1.54, 1.807) is 20.8 Å². The number of phenolic OH excluding ortho intramolecular Hbond substituents is 6. The molecule has 0 aliphatic rings. The Kier molecular flexibility index (Phi) is 17.2. The lowest BCUT2D eigenvalue weighted by atomic mass is 9.93. The van der Waals surface area contributed by atoms with E-state index in [-0.39, 0.29) is 124 Å². The zero-order chi connectivity index (χ0) is 46.2. The molecule has 0 bridgehead atoms. The maximum Gasteiger partial charge on any atom is 0.335 e. The lowest BCUT2D eigenvalue weighted by Gasteiger charge is -2.18. The van der Waals surface area contributed by atoms with Crippen molar-refractivity contribution in [3.05, 3.63) is 105 Å². The van der Waals surface area contributed by atoms with Gasteiger partial charge in [-0.25, -0.2) is 14.4 Å². The number of hydrogen-bond acceptors (Lipinski definition) is 15. The van der Waals surface area contributed by atoms with Crippen LogP contribution in [0.4, 0.5) is 0 Å². The van der Waals surface area contributed by atoms with Gasteiger partial charge in [0.1, 0.15) is 34.5 Å². The number of aromatic hydroxyl groups is 6. The normalized spacial score (nSPS) is 12.5. The van der Waals surface area contributed by atoms with E-state index in [9.17, 15) is 60.3 Å². The highest BCUT2D eigenvalue weighted by atomic mass is 16.4. The minimum atomic E-state index is -1.15. The summed E-state index contributed by atoms with van der Waals surface area (Å²) in [5.74, 6) is -5.29. The Balaban J connectivity index is 1.55. The average Bonchev–Trinajstić information content (AvgIpc) is 3.23. The van der Waals surface area contributed by atoms with Crippen LogP contribution < -0.4 is 0 Å². The number of benzene rings is 4. The first-order valence-corrected chi connectivity index (χ1v) is 19.5. The molecule has 63 heavy (non-hydrogen) atoms. The highest BCUT2D eigenvalue weighted by Gasteiger charge is 2.28. The van der Waals surface area contributed by atoms with Crippen LogP contribution in [0, 0.1) is 0 Å². The molecule has 4 aromatic rings. The van der Waals surface area contributed by atoms with Crippen molar-refractivity contribution < 1.29 is 60.3 Å². The molecule has 18 heteroatoms. The Labute approximate surface area is 361 Å². The van der Waals surface area contributed by atoms with Crippen molar-refractivity contribution in [1.82, 2.24) is 0 Å². The molecule has 9 N–H and O–H groups in total. The summed E-state index contributed by atoms with van der Waals surface area (Å²) in [6.07, 6.45) is 5.25. The first-order chi connectivity index (χ1) is 30.0. The van der Waals surface area contributed by atoms with E-state index in [0.29, 0.717) is 19.3 Å². The van der Waals surface area contributed by atoms with Crippen LogP contribution >= 0.6 is 0 Å². The molecule has 18 nitrogen and oxygen atoms in total. The Morgan fingerprint density at radius 1 is 0.429 bits per heavy atom. The molecule has 0 atom stereocenters. The number of nitrogens with zero attached hydrogens (tertiary/aromatic N) is 6. The third-order valence-electron chi connectivity index (χ3n) is 9.40. The van der Waals surface area contributed by atoms with Crippen molar-refractivity contribution in [2.45, 2.75) is 40.0 Å². The Bertz CT molecular complexity index is 2250. The first-order valence-electron chi connectivity index (χ1n) is 19.5. The molecule has 4 rings (SSSR count). The fourth-order valence-corrected chi connectivity index (χ4v) is 6.06. The molecule has 0 radical (unpaired) electrons. The van der Waals surface area contributed by atoms with E-state index in [0.717, 1.165) is 0 Å². The van der Waals surface area contributed by atoms with Gasteiger partial charge in [-0.3, -0.25) is 30.0 Å². The van der Waals surface area contributed by atoms with Gasteiger partial charge in [0.2, 0.25) is 0 Å². The summed E-state index contributed by atoms with van der Waals surface area (Å²) in [4.78, 5) is 60.3. The molecule has 0 amide bonds. The van der Waals surface area contributed by atoms with Crippen molar-refractivity contribution in [3.63, 3.8) is 0 Å². The maximum absolute atomic E-state index is 11.6. The summed E-state index contributed by atoms with van der Waals surface area (Å²) >= 11 is 0. The van der Waals surface area contributed by atoms with Gasteiger partial charge in [-0.15, -0.1) is 0 Å². The van der Waals surface area contributed by atoms with Gasteiger partial charge in [0.15, 0.2) is 0 Å². The molecule has 0 unspecified atom stereocenters. The molecule has 4 aromatic carbocycles. The minimum Gasteiger partial charge on any atom is -0.507 e. The van der Waals surface area contributed by atoms with Crippen LogP contribution in [0.3, 0.4) is 0 Å². The van der Waals surface area contributed by atoms with Crippen molar-refractivity contribution in [2.75, 3.05) is 39.3 Å². The number of carbonyl (C=O) groups is 3. The standard InChI is InChI=1S/C45H48N6O12/c1-25(49-16-4-13-46-22-31-19-28(43(58)59)7-10-34(31)52)37-40(55)38(26(2)50-17-5-14-47-23-32-20-29(44(60)61)8-11-35(32)53)42(57)39(41(37)56)27(3)51-18-6-15-48-24-33-21-30(45(62)63)9-12-36(33)54/h7-12,19-24,52-57H,4-6,13-18H2,1-3H3,(H,58,59)(H,60,61)(H,62,63). The quantitative estimate of drug-likeness (QED) is 0.0346. The molecule has 0 fully saturated rings. The minimum absolute atomic E-state index is 0.00923. The number of rotatable bonds is 21. The second kappa shape index (κ2) is 22.6. The fourth-order valence-electron chi connectivity index (χ4n) is 6.06. The summed E-state index contributed by atoms with van der Waals surface area (Å²) < 4.78 is 0. The van der Waals surface area contributed by atoms with Crippen LogP contribution in [0.5, 0.6) is 34.5 Å². The van der Waals surface area contributed by atoms with Crippen LogP contribution in [-0.2, 0) is 0 Å². The zero-order valence-electron chi connectivity index (χ0n) is 34.7. The van der Waals surface area contributed by atoms with Gasteiger partial charge in [-0.2, -0.15) is 0 Å². The van der Waals surface area contributed by atoms with E-state index in [2.05, 4.69) is 30.0 Å². The number of carboxylic acids is 3. The van der Waals surface area contributed by atoms with Gasteiger partial charge in [0.25, 0.3) is 0 Å². The van der Waals surface area contributed by atoms with E-state index in [4.69, 9.17) is 0 Å². The van der Waals surface area contributed by atoms with Gasteiger partial charge in [-0.1, -0.05) is 0 Å². The Morgan fingerprint density at radius 3 is 0.921 bits per heavy atom. The highest BCUT2D eigenvalue weighted by Crippen LogP contribution is 2.43. The van der Waals surface area contributed by atoms with E-state index in [1.165, 1.54) is 73.2 Å². The summed E-state index contributed by atoms with van der Waals surface area (Å²) in [6, 6.07) is 11.5.